The van der Waals surface area contributed by atoms with Crippen LogP contribution in [-0.4, -0.2) is 16.1 Å². The summed E-state index contributed by atoms with van der Waals surface area (Å²) in [5.41, 5.74) is 36.0. The minimum atomic E-state index is -2.47. The van der Waals surface area contributed by atoms with Gasteiger partial charge in [-0.2, -0.15) is 0 Å². The van der Waals surface area contributed by atoms with Crippen LogP contribution in [0.5, 0.6) is 0 Å². The first-order valence-corrected chi connectivity index (χ1v) is 37.2. The topological polar surface area (TPSA) is 26.3 Å². The number of rotatable bonds is 2. The van der Waals surface area contributed by atoms with Crippen molar-refractivity contribution in [3.8, 4) is 89.0 Å². The van der Waals surface area contributed by atoms with Gasteiger partial charge in [0.05, 0.1) is 0 Å². The highest BCUT2D eigenvalue weighted by Gasteiger charge is 2.51. The molecule has 0 saturated heterocycles. The van der Waals surface area contributed by atoms with E-state index in [0.29, 0.717) is 0 Å². The van der Waals surface area contributed by atoms with Crippen molar-refractivity contribution in [2.45, 2.75) is 103 Å². The molecule has 0 N–H and O–H groups in total. The maximum absolute atomic E-state index is 7.22. The van der Waals surface area contributed by atoms with Crippen LogP contribution in [0.1, 0.15) is 99.9 Å². The maximum atomic E-state index is 7.22. The summed E-state index contributed by atoms with van der Waals surface area (Å²) in [7, 11) is -4.94. The van der Waals surface area contributed by atoms with Gasteiger partial charge in [0.25, 0.3) is 0 Å². The van der Waals surface area contributed by atoms with Gasteiger partial charge in [-0.15, -0.1) is 0 Å². The first kappa shape index (κ1) is 49.7. The van der Waals surface area contributed by atoms with Crippen molar-refractivity contribution < 1.29 is 8.83 Å². The molecule has 0 unspecified atom stereocenters. The Morgan fingerprint density at radius 2 is 0.593 bits per heavy atom. The molecule has 414 valence electrons. The number of benzene rings is 11. The Morgan fingerprint density at radius 3 is 0.988 bits per heavy atom. The lowest BCUT2D eigenvalue weighted by Crippen LogP contribution is -2.63. The van der Waals surface area contributed by atoms with E-state index < -0.39 is 16.1 Å². The summed E-state index contributed by atoms with van der Waals surface area (Å²) in [6.07, 6.45) is 0. The van der Waals surface area contributed by atoms with Crippen molar-refractivity contribution in [3.63, 3.8) is 0 Å². The highest BCUT2D eigenvalue weighted by atomic mass is 28.3. The third-order valence-electron chi connectivity index (χ3n) is 23.0. The average Bonchev–Trinajstić information content (AvgIpc) is 1.52. The molecular weight excluding hydrogens is 1070 g/mol. The average molecular weight is 1140 g/mol. The van der Waals surface area contributed by atoms with E-state index in [2.05, 4.69) is 264 Å². The highest BCUT2D eigenvalue weighted by Crippen LogP contribution is 2.60. The van der Waals surface area contributed by atoms with Crippen LogP contribution < -0.4 is 20.7 Å². The second-order valence-electron chi connectivity index (χ2n) is 29.5. The summed E-state index contributed by atoms with van der Waals surface area (Å²) in [5, 5.41) is 11.1. The molecule has 86 heavy (non-hydrogen) atoms. The summed E-state index contributed by atoms with van der Waals surface area (Å²) in [4.78, 5) is 0. The lowest BCUT2D eigenvalue weighted by molar-refractivity contribution is 0.652. The fourth-order valence-electron chi connectivity index (χ4n) is 18.6. The van der Waals surface area contributed by atoms with Crippen LogP contribution in [0.25, 0.3) is 133 Å². The quantitative estimate of drug-likeness (QED) is 0.161. The van der Waals surface area contributed by atoms with E-state index >= 15 is 0 Å². The summed E-state index contributed by atoms with van der Waals surface area (Å²) < 4.78 is 14.4. The molecule has 2 aliphatic heterocycles. The van der Waals surface area contributed by atoms with E-state index in [0.717, 1.165) is 22.3 Å². The van der Waals surface area contributed by atoms with Crippen LogP contribution >= 0.6 is 0 Å². The predicted molar refractivity (Wildman–Crippen MR) is 366 cm³/mol. The van der Waals surface area contributed by atoms with Crippen molar-refractivity contribution in [2.24, 2.45) is 0 Å². The molecule has 0 fully saturated rings. The molecule has 11 aromatic carbocycles. The van der Waals surface area contributed by atoms with Crippen molar-refractivity contribution in [2.75, 3.05) is 0 Å². The molecule has 0 spiro atoms. The van der Waals surface area contributed by atoms with Gasteiger partial charge in [-0.25, -0.2) is 0 Å². The second kappa shape index (κ2) is 15.5. The zero-order valence-corrected chi connectivity index (χ0v) is 53.1. The first-order chi connectivity index (χ1) is 41.2. The van der Waals surface area contributed by atoms with Gasteiger partial charge < -0.3 is 8.83 Å². The molecule has 0 radical (unpaired) electrons. The Balaban J connectivity index is 0.778. The van der Waals surface area contributed by atoms with Gasteiger partial charge in [0, 0.05) is 54.3 Å². The van der Waals surface area contributed by atoms with Crippen LogP contribution in [0.15, 0.2) is 191 Å². The van der Waals surface area contributed by atoms with Gasteiger partial charge in [0.2, 0.25) is 0 Å². The number of furan rings is 2. The Hall–Kier alpha value is -8.55. The molecule has 19 rings (SSSR count). The summed E-state index contributed by atoms with van der Waals surface area (Å²) >= 11 is 0. The van der Waals surface area contributed by atoms with Crippen molar-refractivity contribution in [3.05, 3.63) is 226 Å². The number of hydrogen-bond donors (Lipinski definition) is 0. The van der Waals surface area contributed by atoms with Gasteiger partial charge in [-0.3, -0.25) is 0 Å². The summed E-state index contributed by atoms with van der Waals surface area (Å²) in [6, 6.07) is 70.8. The zero-order valence-electron chi connectivity index (χ0n) is 51.1. The number of para-hydroxylation sites is 2. The summed E-state index contributed by atoms with van der Waals surface area (Å²) in [5.74, 6) is 0. The molecule has 4 aliphatic carbocycles. The normalized spacial score (nSPS) is 17.6. The van der Waals surface area contributed by atoms with Crippen LogP contribution in [0.2, 0.25) is 26.2 Å². The summed E-state index contributed by atoms with van der Waals surface area (Å²) in [6.45, 7) is 29.9. The molecule has 0 bridgehead atoms. The van der Waals surface area contributed by atoms with E-state index in [1.165, 1.54) is 165 Å². The van der Waals surface area contributed by atoms with Gasteiger partial charge in [-0.05, 0) is 192 Å². The van der Waals surface area contributed by atoms with Crippen molar-refractivity contribution >= 4 is 80.8 Å². The molecule has 2 nitrogen and oxygen atoms in total. The van der Waals surface area contributed by atoms with E-state index in [-0.39, 0.29) is 21.7 Å². The molecule has 6 aliphatic rings. The van der Waals surface area contributed by atoms with Crippen LogP contribution in [0, 0.1) is 0 Å². The van der Waals surface area contributed by atoms with Crippen molar-refractivity contribution in [1.29, 1.82) is 0 Å². The monoisotopic (exact) mass is 1140 g/mol. The minimum Gasteiger partial charge on any atom is -0.455 e. The standard InChI is InChI=1S/C82H66O2Si2/c1-79(2)59-25-17-13-21-45(59)55-37-65-57(39-63(55)79)47-31-29-43(35-61(47)81(65,5)6)53-41-69-71(73-49-23-15-19-27-67(49)83-75(53)73)51-33-34-52-72-70(86(11,12)78(52)77(51)85(69,9)10)42-54(76-74(72)50-24-16-20-28-68(50)84-76)44-30-32-48-58-40-64-56(38-66(58)82(7,8)62(48)36-44)46-22-14-18-26-60(46)80(64,3)4/h13-42H,1-12H3. The highest BCUT2D eigenvalue weighted by molar-refractivity contribution is 7.13. The SMILES string of the molecule is CC1(C)c2ccccc2-c2cc3c(cc21)-c1ccc(-c2cc4c(c5c2oc2ccccc25)-c2ccc5c(c2[Si]4(C)C)[Si](C)(C)c2cc(-c4ccc6c(c4)C(C)(C)c4cc7c(cc4-6)C(C)(C)c4ccccc4-7)c4oc6ccccc6c4c2-5)cc1C3(C)C. The molecule has 0 amide bonds. The molecule has 4 heterocycles. The molecule has 2 aromatic heterocycles. The lowest BCUT2D eigenvalue weighted by Gasteiger charge is -2.28. The predicted octanol–water partition coefficient (Wildman–Crippen LogP) is 19.7. The number of hydrogen-bond acceptors (Lipinski definition) is 2. The Bertz CT molecular complexity index is 5080. The van der Waals surface area contributed by atoms with E-state index in [4.69, 9.17) is 8.83 Å². The van der Waals surface area contributed by atoms with Crippen LogP contribution in [-0.2, 0) is 21.7 Å². The molecular formula is C82H66O2Si2. The van der Waals surface area contributed by atoms with E-state index in [9.17, 15) is 0 Å². The minimum absolute atomic E-state index is 0.0646. The third kappa shape index (κ3) is 5.72. The molecule has 4 heteroatoms. The van der Waals surface area contributed by atoms with Crippen molar-refractivity contribution in [1.82, 2.24) is 0 Å². The van der Waals surface area contributed by atoms with Gasteiger partial charge >= 0.3 is 0 Å². The van der Waals surface area contributed by atoms with Gasteiger partial charge in [-0.1, -0.05) is 215 Å². The fraction of sp³-hybridized carbons (Fsp3) is 0.195. The van der Waals surface area contributed by atoms with E-state index in [1.54, 1.807) is 10.4 Å². The lowest BCUT2D eigenvalue weighted by atomic mass is 9.79. The first-order valence-electron chi connectivity index (χ1n) is 31.2. The number of fused-ring (bicyclic) bond motifs is 27. The zero-order chi connectivity index (χ0) is 58.4. The molecule has 0 saturated carbocycles. The largest absolute Gasteiger partial charge is 0.455 e. The van der Waals surface area contributed by atoms with Gasteiger partial charge in [0.1, 0.15) is 38.5 Å². The van der Waals surface area contributed by atoms with Gasteiger partial charge in [0.15, 0.2) is 0 Å². The Kier molecular flexibility index (Phi) is 8.97. The second-order valence-corrected chi connectivity index (χ2v) is 38.0. The Morgan fingerprint density at radius 1 is 0.279 bits per heavy atom. The third-order valence-corrected chi connectivity index (χ3v) is 30.3. The smallest absolute Gasteiger partial charge is 0.143 e. The molecule has 0 atom stereocenters. The van der Waals surface area contributed by atoms with Crippen LogP contribution in [0.3, 0.4) is 0 Å². The van der Waals surface area contributed by atoms with E-state index in [1.807, 2.05) is 0 Å². The molecule has 13 aromatic rings. The maximum Gasteiger partial charge on any atom is 0.143 e. The van der Waals surface area contributed by atoms with Crippen LogP contribution in [0.4, 0.5) is 0 Å². The fourth-order valence-corrected chi connectivity index (χ4v) is 27.0. The Labute approximate surface area is 505 Å².